The quantitative estimate of drug-likeness (QED) is 0.439. The van der Waals surface area contributed by atoms with Crippen molar-refractivity contribution < 1.29 is 0 Å². The van der Waals surface area contributed by atoms with E-state index >= 15 is 0 Å². The van der Waals surface area contributed by atoms with Crippen molar-refractivity contribution in [1.82, 2.24) is 0 Å². The van der Waals surface area contributed by atoms with Crippen molar-refractivity contribution in [2.45, 2.75) is 40.0 Å². The summed E-state index contributed by atoms with van der Waals surface area (Å²) in [6, 6.07) is 0. The summed E-state index contributed by atoms with van der Waals surface area (Å²) in [7, 11) is 0. The van der Waals surface area contributed by atoms with Gasteiger partial charge in [0, 0.05) is 0 Å². The van der Waals surface area contributed by atoms with Crippen LogP contribution >= 0.6 is 0 Å². The fourth-order valence-corrected chi connectivity index (χ4v) is 0. The fourth-order valence-electron chi connectivity index (χ4n) is 0. The largest absolute Gasteiger partial charge is 0.0630 e. The third-order valence-corrected chi connectivity index (χ3v) is 0.354. The average molecular weight is 100 g/mol. The van der Waals surface area contributed by atoms with E-state index in [1.54, 1.807) is 0 Å². The lowest BCUT2D eigenvalue weighted by Crippen LogP contribution is -1.66. The van der Waals surface area contributed by atoms with E-state index in [-0.39, 0.29) is 0 Å². The zero-order valence-corrected chi connectivity index (χ0v) is 5.70. The molecular formula is C7H16. The van der Waals surface area contributed by atoms with Gasteiger partial charge in [0.05, 0.1) is 0 Å². The molecule has 0 saturated heterocycles. The summed E-state index contributed by atoms with van der Waals surface area (Å²) in [5.41, 5.74) is 0. The number of hydrogen-bond donors (Lipinski definition) is 0. The maximum atomic E-state index is 2.17. The lowest BCUT2D eigenvalue weighted by atomic mass is 10.3. The monoisotopic (exact) mass is 100 g/mol. The molecule has 0 amide bonds. The standard InChI is InChI=1S/C4H10.C3H6/c1-4(2)3;1-2-3-1/h4H,1-3H3;1-3H2. The molecule has 1 rings (SSSR count). The van der Waals surface area contributed by atoms with Gasteiger partial charge in [-0.1, -0.05) is 40.0 Å². The molecule has 0 atom stereocenters. The zero-order chi connectivity index (χ0) is 5.70. The second kappa shape index (κ2) is 4.17. The third kappa shape index (κ3) is 96.0. The van der Waals surface area contributed by atoms with Gasteiger partial charge < -0.3 is 0 Å². The Bertz CT molecular complexity index is 21.5. The maximum Gasteiger partial charge on any atom is -0.0500 e. The predicted molar refractivity (Wildman–Crippen MR) is 34.4 cm³/mol. The van der Waals surface area contributed by atoms with Gasteiger partial charge in [-0.05, 0) is 5.92 Å². The van der Waals surface area contributed by atoms with Crippen LogP contribution in [-0.4, -0.2) is 0 Å². The van der Waals surface area contributed by atoms with E-state index in [4.69, 9.17) is 0 Å². The molecular weight excluding hydrogens is 84.1 g/mol. The molecule has 0 spiro atoms. The van der Waals surface area contributed by atoms with E-state index in [1.165, 1.54) is 19.3 Å². The normalized spacial score (nSPS) is 15.4. The molecule has 0 radical (unpaired) electrons. The van der Waals surface area contributed by atoms with E-state index in [2.05, 4.69) is 20.8 Å². The Balaban J connectivity index is 0.000000105. The average Bonchev–Trinajstić information content (AvgIpc) is 2.02. The molecule has 0 nitrogen and oxygen atoms in total. The van der Waals surface area contributed by atoms with Crippen LogP contribution in [0, 0.1) is 5.92 Å². The molecule has 0 aromatic heterocycles. The molecule has 0 heteroatoms. The van der Waals surface area contributed by atoms with E-state index in [0.717, 1.165) is 5.92 Å². The molecule has 0 bridgehead atoms. The van der Waals surface area contributed by atoms with Gasteiger partial charge >= 0.3 is 0 Å². The van der Waals surface area contributed by atoms with Crippen molar-refractivity contribution >= 4 is 0 Å². The lowest BCUT2D eigenvalue weighted by Gasteiger charge is -1.79. The van der Waals surface area contributed by atoms with E-state index in [1.807, 2.05) is 0 Å². The van der Waals surface area contributed by atoms with Crippen LogP contribution < -0.4 is 0 Å². The highest BCUT2D eigenvalue weighted by molar-refractivity contribution is 4.50. The highest BCUT2D eigenvalue weighted by atomic mass is 14.0. The third-order valence-electron chi connectivity index (χ3n) is 0.354. The molecule has 1 aliphatic carbocycles. The summed E-state index contributed by atoms with van der Waals surface area (Å²) in [5, 5.41) is 0. The summed E-state index contributed by atoms with van der Waals surface area (Å²) in [6.07, 6.45) is 4.50. The maximum absolute atomic E-state index is 2.17. The Morgan fingerprint density at radius 2 is 1.00 bits per heavy atom. The van der Waals surface area contributed by atoms with Crippen molar-refractivity contribution in [3.05, 3.63) is 0 Å². The molecule has 0 aliphatic heterocycles. The molecule has 1 aliphatic rings. The van der Waals surface area contributed by atoms with Gasteiger partial charge in [0.15, 0.2) is 0 Å². The van der Waals surface area contributed by atoms with E-state index in [9.17, 15) is 0 Å². The van der Waals surface area contributed by atoms with Crippen LogP contribution in [0.2, 0.25) is 0 Å². The van der Waals surface area contributed by atoms with Crippen molar-refractivity contribution in [3.8, 4) is 0 Å². The Hall–Kier alpha value is 0. The van der Waals surface area contributed by atoms with Crippen LogP contribution in [0.5, 0.6) is 0 Å². The van der Waals surface area contributed by atoms with Crippen LogP contribution in [0.4, 0.5) is 0 Å². The minimum Gasteiger partial charge on any atom is -0.0630 e. The summed E-state index contributed by atoms with van der Waals surface area (Å²) in [5.74, 6) is 0.833. The minimum absolute atomic E-state index is 0.833. The molecule has 0 N–H and O–H groups in total. The Morgan fingerprint density at radius 3 is 1.00 bits per heavy atom. The van der Waals surface area contributed by atoms with Crippen LogP contribution in [0.25, 0.3) is 0 Å². The number of rotatable bonds is 0. The molecule has 0 heterocycles. The van der Waals surface area contributed by atoms with E-state index < -0.39 is 0 Å². The van der Waals surface area contributed by atoms with Crippen LogP contribution in [0.1, 0.15) is 40.0 Å². The Labute approximate surface area is 46.9 Å². The topological polar surface area (TPSA) is 0 Å². The first-order valence-electron chi connectivity index (χ1n) is 3.23. The number of hydrogen-bond acceptors (Lipinski definition) is 0. The van der Waals surface area contributed by atoms with Crippen molar-refractivity contribution in [1.29, 1.82) is 0 Å². The van der Waals surface area contributed by atoms with Crippen molar-refractivity contribution in [2.75, 3.05) is 0 Å². The highest BCUT2D eigenvalue weighted by Crippen LogP contribution is 2.14. The van der Waals surface area contributed by atoms with Gasteiger partial charge in [0.2, 0.25) is 0 Å². The second-order valence-electron chi connectivity index (χ2n) is 2.79. The fraction of sp³-hybridized carbons (Fsp3) is 1.00. The van der Waals surface area contributed by atoms with Crippen molar-refractivity contribution in [3.63, 3.8) is 0 Å². The first kappa shape index (κ1) is 7.00. The van der Waals surface area contributed by atoms with Gasteiger partial charge in [-0.25, -0.2) is 0 Å². The SMILES string of the molecule is C1CC1.CC(C)C. The summed E-state index contributed by atoms with van der Waals surface area (Å²) >= 11 is 0. The molecule has 44 valence electrons. The minimum atomic E-state index is 0.833. The summed E-state index contributed by atoms with van der Waals surface area (Å²) in [4.78, 5) is 0. The molecule has 1 saturated carbocycles. The Kier molecular flexibility index (Phi) is 4.17. The van der Waals surface area contributed by atoms with Gasteiger partial charge in [0.1, 0.15) is 0 Å². The van der Waals surface area contributed by atoms with Crippen LogP contribution in [0.15, 0.2) is 0 Å². The molecule has 0 unspecified atom stereocenters. The molecule has 1 fully saturated rings. The lowest BCUT2D eigenvalue weighted by molar-refractivity contribution is 0.737. The van der Waals surface area contributed by atoms with Crippen molar-refractivity contribution in [2.24, 2.45) is 5.92 Å². The van der Waals surface area contributed by atoms with Gasteiger partial charge in [-0.2, -0.15) is 0 Å². The predicted octanol–water partition coefficient (Wildman–Crippen LogP) is 2.83. The second-order valence-corrected chi connectivity index (χ2v) is 2.79. The molecule has 0 aromatic carbocycles. The van der Waals surface area contributed by atoms with Crippen LogP contribution in [-0.2, 0) is 0 Å². The molecule has 7 heavy (non-hydrogen) atoms. The first-order valence-corrected chi connectivity index (χ1v) is 3.23. The highest BCUT2D eigenvalue weighted by Gasteiger charge is 1.95. The van der Waals surface area contributed by atoms with Crippen LogP contribution in [0.3, 0.4) is 0 Å². The summed E-state index contributed by atoms with van der Waals surface area (Å²) < 4.78 is 0. The summed E-state index contributed by atoms with van der Waals surface area (Å²) in [6.45, 7) is 6.50. The Morgan fingerprint density at radius 1 is 0.857 bits per heavy atom. The smallest absolute Gasteiger partial charge is 0.0500 e. The first-order chi connectivity index (χ1) is 3.23. The van der Waals surface area contributed by atoms with Gasteiger partial charge in [-0.3, -0.25) is 0 Å². The molecule has 0 aromatic rings. The van der Waals surface area contributed by atoms with E-state index in [0.29, 0.717) is 0 Å². The van der Waals surface area contributed by atoms with Gasteiger partial charge in [0.25, 0.3) is 0 Å². The van der Waals surface area contributed by atoms with Gasteiger partial charge in [-0.15, -0.1) is 0 Å². The zero-order valence-electron chi connectivity index (χ0n) is 5.70.